The standard InChI is InChI=1S/C20H15NO/c1-21-17-9-6-5-7-13(17)15-11-16-14-8-3-2-4-10-19(14)22-20(16)12-18(15)21/h3-12H,2H2,1H3. The Labute approximate surface area is 127 Å². The summed E-state index contributed by atoms with van der Waals surface area (Å²) in [4.78, 5) is 0. The lowest BCUT2D eigenvalue weighted by Gasteiger charge is -1.97. The fourth-order valence-corrected chi connectivity index (χ4v) is 3.52. The van der Waals surface area contributed by atoms with Gasteiger partial charge in [0.05, 0.1) is 5.52 Å². The van der Waals surface area contributed by atoms with Gasteiger partial charge in [-0.3, -0.25) is 0 Å². The minimum atomic E-state index is 0.958. The van der Waals surface area contributed by atoms with Crippen LogP contribution < -0.4 is 0 Å². The second kappa shape index (κ2) is 4.14. The van der Waals surface area contributed by atoms with E-state index < -0.39 is 0 Å². The van der Waals surface area contributed by atoms with Gasteiger partial charge in [-0.25, -0.2) is 0 Å². The lowest BCUT2D eigenvalue weighted by molar-refractivity contribution is 0.603. The lowest BCUT2D eigenvalue weighted by Crippen LogP contribution is -1.85. The van der Waals surface area contributed by atoms with Crippen molar-refractivity contribution in [2.24, 2.45) is 7.05 Å². The van der Waals surface area contributed by atoms with Crippen LogP contribution in [0.2, 0.25) is 0 Å². The Kier molecular flexibility index (Phi) is 2.23. The van der Waals surface area contributed by atoms with E-state index in [0.29, 0.717) is 0 Å². The van der Waals surface area contributed by atoms with E-state index in [4.69, 9.17) is 4.42 Å². The fraction of sp³-hybridized carbons (Fsp3) is 0.100. The van der Waals surface area contributed by atoms with Gasteiger partial charge < -0.3 is 8.98 Å². The van der Waals surface area contributed by atoms with Gasteiger partial charge in [0.25, 0.3) is 0 Å². The summed E-state index contributed by atoms with van der Waals surface area (Å²) in [5.41, 5.74) is 4.62. The van der Waals surface area contributed by atoms with E-state index in [2.05, 4.69) is 72.3 Å². The van der Waals surface area contributed by atoms with Gasteiger partial charge in [0.1, 0.15) is 11.3 Å². The Morgan fingerprint density at radius 2 is 1.77 bits per heavy atom. The predicted molar refractivity (Wildman–Crippen MR) is 92.9 cm³/mol. The molecule has 0 fully saturated rings. The Balaban J connectivity index is 1.99. The van der Waals surface area contributed by atoms with Crippen LogP contribution in [0.25, 0.3) is 44.9 Å². The maximum atomic E-state index is 6.08. The zero-order chi connectivity index (χ0) is 14.7. The smallest absolute Gasteiger partial charge is 0.137 e. The molecule has 2 aromatic carbocycles. The van der Waals surface area contributed by atoms with Crippen LogP contribution in [-0.4, -0.2) is 4.57 Å². The molecule has 22 heavy (non-hydrogen) atoms. The van der Waals surface area contributed by atoms with Crippen LogP contribution in [0.3, 0.4) is 0 Å². The number of furan rings is 1. The van der Waals surface area contributed by atoms with Crippen LogP contribution in [0, 0.1) is 0 Å². The minimum absolute atomic E-state index is 0.958. The van der Waals surface area contributed by atoms with Crippen LogP contribution in [0.1, 0.15) is 17.7 Å². The molecule has 2 aromatic heterocycles. The number of nitrogens with zero attached hydrogens (tertiary/aromatic N) is 1. The third-order valence-corrected chi connectivity index (χ3v) is 4.62. The molecule has 0 N–H and O–H groups in total. The maximum Gasteiger partial charge on any atom is 0.137 e. The van der Waals surface area contributed by atoms with Crippen molar-refractivity contribution in [1.29, 1.82) is 0 Å². The number of aromatic nitrogens is 1. The van der Waals surface area contributed by atoms with Crippen LogP contribution >= 0.6 is 0 Å². The molecule has 0 radical (unpaired) electrons. The highest BCUT2D eigenvalue weighted by atomic mass is 16.3. The molecule has 0 spiro atoms. The molecule has 0 atom stereocenters. The molecule has 0 unspecified atom stereocenters. The van der Waals surface area contributed by atoms with E-state index in [0.717, 1.165) is 17.8 Å². The zero-order valence-electron chi connectivity index (χ0n) is 12.3. The minimum Gasteiger partial charge on any atom is -0.456 e. The number of aryl methyl sites for hydroxylation is 1. The first-order valence-electron chi connectivity index (χ1n) is 7.60. The van der Waals surface area contributed by atoms with Gasteiger partial charge in [0, 0.05) is 40.4 Å². The lowest BCUT2D eigenvalue weighted by atomic mass is 10.1. The largest absolute Gasteiger partial charge is 0.456 e. The third kappa shape index (κ3) is 1.44. The normalized spacial score (nSPS) is 14.0. The van der Waals surface area contributed by atoms with E-state index in [9.17, 15) is 0 Å². The predicted octanol–water partition coefficient (Wildman–Crippen LogP) is 5.51. The molecule has 2 heteroatoms. The number of benzene rings is 2. The molecule has 0 aliphatic heterocycles. The highest BCUT2D eigenvalue weighted by molar-refractivity contribution is 6.13. The number of hydrogen-bond donors (Lipinski definition) is 0. The summed E-state index contributed by atoms with van der Waals surface area (Å²) >= 11 is 0. The van der Waals surface area contributed by atoms with Gasteiger partial charge in [-0.2, -0.15) is 0 Å². The van der Waals surface area contributed by atoms with Crippen LogP contribution in [-0.2, 0) is 7.05 Å². The van der Waals surface area contributed by atoms with Crippen molar-refractivity contribution >= 4 is 44.9 Å². The van der Waals surface area contributed by atoms with Crippen molar-refractivity contribution in [2.45, 2.75) is 6.42 Å². The summed E-state index contributed by atoms with van der Waals surface area (Å²) in [5.74, 6) is 0.961. The number of allylic oxidation sites excluding steroid dienone is 2. The fourth-order valence-electron chi connectivity index (χ4n) is 3.52. The first kappa shape index (κ1) is 11.9. The SMILES string of the molecule is Cn1c2ccccc2c2cc3c4c(oc3cc21)C=CCC=C4. The molecule has 0 saturated carbocycles. The van der Waals surface area contributed by atoms with Crippen molar-refractivity contribution in [3.8, 4) is 0 Å². The van der Waals surface area contributed by atoms with E-state index in [1.165, 1.54) is 32.8 Å². The summed E-state index contributed by atoms with van der Waals surface area (Å²) in [6.45, 7) is 0. The number of para-hydroxylation sites is 1. The van der Waals surface area contributed by atoms with Crippen LogP contribution in [0.4, 0.5) is 0 Å². The highest BCUT2D eigenvalue weighted by Crippen LogP contribution is 2.36. The van der Waals surface area contributed by atoms with E-state index in [-0.39, 0.29) is 0 Å². The van der Waals surface area contributed by atoms with Gasteiger partial charge >= 0.3 is 0 Å². The van der Waals surface area contributed by atoms with E-state index in [1.54, 1.807) is 0 Å². The zero-order valence-corrected chi connectivity index (χ0v) is 12.3. The van der Waals surface area contributed by atoms with Crippen molar-refractivity contribution in [3.63, 3.8) is 0 Å². The quantitative estimate of drug-likeness (QED) is 0.416. The van der Waals surface area contributed by atoms with Gasteiger partial charge in [0.15, 0.2) is 0 Å². The Morgan fingerprint density at radius 1 is 0.909 bits per heavy atom. The first-order chi connectivity index (χ1) is 10.8. The summed E-state index contributed by atoms with van der Waals surface area (Å²) in [7, 11) is 2.12. The average molecular weight is 285 g/mol. The Bertz CT molecular complexity index is 1110. The van der Waals surface area contributed by atoms with Gasteiger partial charge in [-0.05, 0) is 24.6 Å². The van der Waals surface area contributed by atoms with Crippen molar-refractivity contribution in [3.05, 3.63) is 59.9 Å². The molecule has 2 heterocycles. The number of rotatable bonds is 0. The topological polar surface area (TPSA) is 18.1 Å². The molecule has 0 saturated heterocycles. The molecule has 0 amide bonds. The molecular weight excluding hydrogens is 270 g/mol. The maximum absolute atomic E-state index is 6.08. The second-order valence-corrected chi connectivity index (χ2v) is 5.86. The van der Waals surface area contributed by atoms with Gasteiger partial charge in [-0.1, -0.05) is 36.4 Å². The summed E-state index contributed by atoms with van der Waals surface area (Å²) in [5, 5.41) is 3.78. The van der Waals surface area contributed by atoms with Gasteiger partial charge in [-0.15, -0.1) is 0 Å². The summed E-state index contributed by atoms with van der Waals surface area (Å²) in [6.07, 6.45) is 9.54. The number of hydrogen-bond acceptors (Lipinski definition) is 1. The second-order valence-electron chi connectivity index (χ2n) is 5.86. The monoisotopic (exact) mass is 285 g/mol. The van der Waals surface area contributed by atoms with Crippen molar-refractivity contribution < 1.29 is 4.42 Å². The summed E-state index contributed by atoms with van der Waals surface area (Å²) in [6, 6.07) is 13.0. The van der Waals surface area contributed by atoms with Gasteiger partial charge in [0.2, 0.25) is 0 Å². The van der Waals surface area contributed by atoms with Crippen LogP contribution in [0.15, 0.2) is 53.0 Å². The number of fused-ring (bicyclic) bond motifs is 6. The first-order valence-corrected chi connectivity index (χ1v) is 7.60. The molecule has 1 aliphatic rings. The molecular formula is C20H15NO. The molecule has 5 rings (SSSR count). The average Bonchev–Trinajstić information content (AvgIpc) is 2.90. The molecule has 2 nitrogen and oxygen atoms in total. The van der Waals surface area contributed by atoms with Crippen LogP contribution in [0.5, 0.6) is 0 Å². The summed E-state index contributed by atoms with van der Waals surface area (Å²) < 4.78 is 8.32. The Morgan fingerprint density at radius 3 is 2.73 bits per heavy atom. The molecule has 4 aromatic rings. The van der Waals surface area contributed by atoms with Crippen molar-refractivity contribution in [1.82, 2.24) is 4.57 Å². The molecule has 1 aliphatic carbocycles. The van der Waals surface area contributed by atoms with E-state index in [1.807, 2.05) is 0 Å². The Hall–Kier alpha value is -2.74. The van der Waals surface area contributed by atoms with E-state index >= 15 is 0 Å². The highest BCUT2D eigenvalue weighted by Gasteiger charge is 2.15. The van der Waals surface area contributed by atoms with Crippen molar-refractivity contribution in [2.75, 3.05) is 0 Å². The third-order valence-electron chi connectivity index (χ3n) is 4.62. The molecule has 0 bridgehead atoms. The molecule has 106 valence electrons.